The van der Waals surface area contributed by atoms with Gasteiger partial charge in [0.25, 0.3) is 22.2 Å². The highest BCUT2D eigenvalue weighted by Gasteiger charge is 2.36. The van der Waals surface area contributed by atoms with Gasteiger partial charge in [-0.25, -0.2) is 65.5 Å². The number of para-hydroxylation sites is 3. The third-order valence-electron chi connectivity index (χ3n) is 24.5. The minimum atomic E-state index is -1.43. The fourth-order valence-corrected chi connectivity index (χ4v) is 19.1. The number of aromatic amines is 4. The van der Waals surface area contributed by atoms with Crippen LogP contribution in [0.2, 0.25) is 15.5 Å². The standard InChI is InChI=1S/C27H15ClF2N2O3.2C26H15ClFN3O4.C25H14F2N4O5/c28-26-15(11-14-5-1-4-8-20(14)31-26)13-32-21-12-19(30)17-9-10-35-25(17)23(21)22(24(32)27(33)34)16-6-2-3-7-18(16)29;27-20-10-13(14-4-1-2-6-18(14)30-20)12-31-19-11-17(28)15-7-9-35-24(15)22(19)21(23(31)26(33)34)16-5-3-8-29-25(16)32;27-24-14(10-13-4-1-2-6-18(13)30-24)12-31-19-11-17(28)15-7-9-35-23(15)21(19)20(22(31)26(33)34)16-5-3-8-29-25(16)32;26-15-7-17-14(24(33)30-10-29-17)6-11(15)9-31-18-8-16(27)12-3-5-36-22(12)20(18)19(21(31)25(34)35)13-2-1-4-28-23(13)32/h1-12H,13H2,(H,33,34);2*1-11H,12H2,(H,29,32)(H,33,34);1-8,10H,9H2,(H,28,32)(H,34,35)(H,29,30,33). The summed E-state index contributed by atoms with van der Waals surface area (Å²) in [6.45, 7) is -0.401. The molecule has 0 aliphatic rings. The highest BCUT2D eigenvalue weighted by molar-refractivity contribution is 6.32. The molecule has 0 saturated heterocycles. The predicted molar refractivity (Wildman–Crippen MR) is 517 cm³/mol. The fourth-order valence-electron chi connectivity index (χ4n) is 18.5. The number of rotatable bonds is 16. The third-order valence-corrected chi connectivity index (χ3v) is 25.3. The summed E-state index contributed by atoms with van der Waals surface area (Å²) in [5, 5.41) is 46.1. The summed E-state index contributed by atoms with van der Waals surface area (Å²) in [4.78, 5) is 128. The Morgan fingerprint density at radius 3 is 1.05 bits per heavy atom. The number of aromatic carboxylic acids is 4. The maximum atomic E-state index is 15.1. The first-order valence-electron chi connectivity index (χ1n) is 42.5. The monoisotopic (exact) mass is 1950 g/mol. The topological polar surface area (TPSA) is 404 Å². The molecule has 141 heavy (non-hydrogen) atoms. The molecule has 0 aliphatic carbocycles. The van der Waals surface area contributed by atoms with E-state index in [0.29, 0.717) is 49.4 Å². The lowest BCUT2D eigenvalue weighted by Gasteiger charge is -2.12. The molecule has 37 heteroatoms. The van der Waals surface area contributed by atoms with E-state index in [2.05, 4.69) is 39.9 Å². The van der Waals surface area contributed by atoms with Crippen LogP contribution in [0.15, 0.2) is 299 Å². The van der Waals surface area contributed by atoms with Crippen molar-refractivity contribution in [3.05, 3.63) is 399 Å². The van der Waals surface area contributed by atoms with E-state index >= 15 is 22.0 Å². The van der Waals surface area contributed by atoms with Gasteiger partial charge >= 0.3 is 23.9 Å². The van der Waals surface area contributed by atoms with Crippen molar-refractivity contribution in [3.8, 4) is 44.5 Å². The van der Waals surface area contributed by atoms with Crippen LogP contribution in [0.4, 0.5) is 26.3 Å². The van der Waals surface area contributed by atoms with Crippen LogP contribution in [0.25, 0.3) is 176 Å². The van der Waals surface area contributed by atoms with Crippen molar-refractivity contribution in [1.82, 2.24) is 58.1 Å². The van der Waals surface area contributed by atoms with E-state index in [9.17, 15) is 63.2 Å². The first-order valence-corrected chi connectivity index (χ1v) is 43.7. The van der Waals surface area contributed by atoms with E-state index in [4.69, 9.17) is 52.5 Å². The Morgan fingerprint density at radius 2 is 0.660 bits per heavy atom. The molecule has 0 unspecified atom stereocenters. The molecule has 694 valence electrons. The largest absolute Gasteiger partial charge is 0.477 e. The third kappa shape index (κ3) is 15.4. The second kappa shape index (κ2) is 35.5. The number of benzene rings is 9. The van der Waals surface area contributed by atoms with Crippen molar-refractivity contribution in [3.63, 3.8) is 0 Å². The minimum absolute atomic E-state index is 0.0000104. The van der Waals surface area contributed by atoms with Crippen molar-refractivity contribution in [2.45, 2.75) is 26.2 Å². The van der Waals surface area contributed by atoms with E-state index in [0.717, 1.165) is 34.6 Å². The molecular weight excluding hydrogens is 1890 g/mol. The predicted octanol–water partition coefficient (Wildman–Crippen LogP) is 22.9. The van der Waals surface area contributed by atoms with Gasteiger partial charge in [-0.3, -0.25) is 19.2 Å². The fraction of sp³-hybridized carbons (Fsp3) is 0.0385. The van der Waals surface area contributed by atoms with Crippen molar-refractivity contribution in [1.29, 1.82) is 0 Å². The Labute approximate surface area is 796 Å². The summed E-state index contributed by atoms with van der Waals surface area (Å²) in [7, 11) is 0. The number of pyridine rings is 6. The van der Waals surface area contributed by atoms with Gasteiger partial charge in [-0.2, -0.15) is 0 Å². The van der Waals surface area contributed by atoms with Crippen LogP contribution in [-0.4, -0.2) is 102 Å². The number of halogens is 9. The van der Waals surface area contributed by atoms with Gasteiger partial charge in [-0.05, 0) is 139 Å². The van der Waals surface area contributed by atoms with Gasteiger partial charge in [0.15, 0.2) is 0 Å². The highest BCUT2D eigenvalue weighted by atomic mass is 35.5. The lowest BCUT2D eigenvalue weighted by molar-refractivity contribution is 0.0676. The number of hydrogen-bond acceptors (Lipinski definition) is 16. The van der Waals surface area contributed by atoms with Gasteiger partial charge in [0.2, 0.25) is 0 Å². The van der Waals surface area contributed by atoms with Crippen LogP contribution < -0.4 is 22.2 Å². The van der Waals surface area contributed by atoms with Gasteiger partial charge in [0, 0.05) is 91.9 Å². The first kappa shape index (κ1) is 89.4. The maximum absolute atomic E-state index is 15.1. The Kier molecular flexibility index (Phi) is 22.5. The van der Waals surface area contributed by atoms with E-state index in [1.165, 1.54) is 153 Å². The Morgan fingerprint density at radius 1 is 0.312 bits per heavy atom. The van der Waals surface area contributed by atoms with Crippen LogP contribution in [0.5, 0.6) is 0 Å². The number of furan rings is 4. The number of aromatic nitrogens is 12. The zero-order valence-electron chi connectivity index (χ0n) is 71.8. The van der Waals surface area contributed by atoms with Gasteiger partial charge in [-0.15, -0.1) is 0 Å². The quantitative estimate of drug-likeness (QED) is 0.0329. The Balaban J connectivity index is 0.000000111. The molecule has 8 N–H and O–H groups in total. The number of carbonyl (C=O) groups is 4. The summed E-state index contributed by atoms with van der Waals surface area (Å²) in [6.07, 6.45) is 10.7. The second-order valence-electron chi connectivity index (χ2n) is 32.4. The van der Waals surface area contributed by atoms with Crippen LogP contribution in [0, 0.1) is 34.9 Å². The summed E-state index contributed by atoms with van der Waals surface area (Å²) >= 11 is 19.2. The average Bonchev–Trinajstić information content (AvgIpc) is 1.58. The highest BCUT2D eigenvalue weighted by Crippen LogP contribution is 2.48. The van der Waals surface area contributed by atoms with Crippen molar-refractivity contribution >= 4 is 190 Å². The van der Waals surface area contributed by atoms with Crippen molar-refractivity contribution in [2.75, 3.05) is 0 Å². The minimum Gasteiger partial charge on any atom is -0.477 e. The zero-order valence-corrected chi connectivity index (χ0v) is 74.1. The normalized spacial score (nSPS) is 11.6. The van der Waals surface area contributed by atoms with Gasteiger partial charge in [0.1, 0.15) is 95.5 Å². The van der Waals surface area contributed by atoms with Gasteiger partial charge in [0.05, 0.1) is 160 Å². The van der Waals surface area contributed by atoms with E-state index in [-0.39, 0.29) is 197 Å². The molecule has 0 fully saturated rings. The smallest absolute Gasteiger partial charge is 0.353 e. The molecule has 9 aromatic carbocycles. The number of carboxylic acids is 4. The van der Waals surface area contributed by atoms with E-state index in [1.54, 1.807) is 30.3 Å². The summed E-state index contributed by atoms with van der Waals surface area (Å²) < 4.78 is 118. The zero-order chi connectivity index (χ0) is 97.9. The molecule has 24 aromatic rings. The Bertz CT molecular complexity index is 9730. The SMILES string of the molecule is O=C(O)c1c(-c2ccc[nH]c2=O)c2c3occc3c(F)cc2n1Cc1cc(Cl)nc2ccccc12.O=C(O)c1c(-c2ccc[nH]c2=O)c2c3occc3c(F)cc2n1Cc1cc2c(=O)[nH]cnc2cc1F.O=C(O)c1c(-c2ccc[nH]c2=O)c2c3occc3c(F)cc2n1Cc1cc2ccccc2nc1Cl.O=C(O)c1c(-c2ccccc2F)c2c3occc3c(F)cc2n1Cc1cc2ccccc2nc1Cl. The van der Waals surface area contributed by atoms with Crippen LogP contribution >= 0.6 is 34.8 Å². The molecule has 15 heterocycles. The van der Waals surface area contributed by atoms with Crippen molar-refractivity contribution < 1.29 is 83.6 Å². The molecule has 0 spiro atoms. The molecular formula is C104H59Cl3F6N12O16. The lowest BCUT2D eigenvalue weighted by Crippen LogP contribution is -2.14. The molecule has 15 aromatic heterocycles. The molecule has 0 aliphatic heterocycles. The number of nitrogens with one attached hydrogen (secondary N) is 4. The number of H-pyrrole nitrogens is 4. The van der Waals surface area contributed by atoms with Crippen LogP contribution in [0.3, 0.4) is 0 Å². The molecule has 0 atom stereocenters. The summed E-state index contributed by atoms with van der Waals surface area (Å²) in [5.74, 6) is -9.05. The maximum Gasteiger partial charge on any atom is 0.353 e. The number of nitrogens with zero attached hydrogens (tertiary/aromatic N) is 8. The molecule has 0 bridgehead atoms. The molecule has 0 radical (unpaired) electrons. The summed E-state index contributed by atoms with van der Waals surface area (Å²) in [6, 6.07) is 55.4. The molecule has 24 rings (SSSR count). The van der Waals surface area contributed by atoms with E-state index < -0.39 is 81.0 Å². The van der Waals surface area contributed by atoms with Crippen LogP contribution in [0.1, 0.15) is 64.2 Å². The van der Waals surface area contributed by atoms with Gasteiger partial charge in [-0.1, -0.05) is 108 Å². The van der Waals surface area contributed by atoms with E-state index in [1.807, 2.05) is 78.9 Å². The van der Waals surface area contributed by atoms with Gasteiger partial charge < -0.3 is 76.3 Å². The molecule has 28 nitrogen and oxygen atoms in total. The lowest BCUT2D eigenvalue weighted by atomic mass is 10.00. The van der Waals surface area contributed by atoms with Crippen molar-refractivity contribution in [2.24, 2.45) is 0 Å². The average molecular weight is 1950 g/mol. The molecule has 0 saturated carbocycles. The summed E-state index contributed by atoms with van der Waals surface area (Å²) in [5.41, 5.74) is 2.99. The number of fused-ring (bicyclic) bond motifs is 16. The Hall–Kier alpha value is -18.2. The number of hydrogen-bond donors (Lipinski definition) is 8. The number of carboxylic acid groups (broad SMARTS) is 4. The first-order chi connectivity index (χ1) is 68.2. The second-order valence-corrected chi connectivity index (χ2v) is 33.5. The molecule has 0 amide bonds. The van der Waals surface area contributed by atoms with Crippen LogP contribution in [-0.2, 0) is 26.2 Å².